The molecular weight excluding hydrogens is 236 g/mol. The maximum absolute atomic E-state index is 11.4. The van der Waals surface area contributed by atoms with E-state index in [4.69, 9.17) is 5.11 Å². The summed E-state index contributed by atoms with van der Waals surface area (Å²) in [6.07, 6.45) is 0.987. The second kappa shape index (κ2) is 6.16. The summed E-state index contributed by atoms with van der Waals surface area (Å²) in [6.45, 7) is 0.270. The number of aliphatic hydroxyl groups excluding tert-OH is 1. The van der Waals surface area contributed by atoms with Crippen molar-refractivity contribution in [3.63, 3.8) is 0 Å². The number of hydrogen-bond acceptors (Lipinski definition) is 5. The topological polar surface area (TPSA) is 79.3 Å². The number of nitrogens with one attached hydrogen (secondary N) is 1. The van der Waals surface area contributed by atoms with Gasteiger partial charge in [0.15, 0.2) is 0 Å². The molecule has 0 fully saturated rings. The monoisotopic (exact) mass is 250 g/mol. The first-order valence-corrected chi connectivity index (χ1v) is 7.19. The summed E-state index contributed by atoms with van der Waals surface area (Å²) < 4.78 is 25.2. The third-order valence-corrected chi connectivity index (χ3v) is 3.82. The minimum absolute atomic E-state index is 0.0294. The lowest BCUT2D eigenvalue weighted by molar-refractivity contribution is 0.287. The second-order valence-electron chi connectivity index (χ2n) is 3.05. The van der Waals surface area contributed by atoms with Crippen LogP contribution in [0.3, 0.4) is 0 Å². The van der Waals surface area contributed by atoms with Gasteiger partial charge in [0, 0.05) is 12.0 Å². The Hall–Kier alpha value is -0.500. The molecule has 2 N–H and O–H groups in total. The Kier molecular flexibility index (Phi) is 5.16. The zero-order valence-corrected chi connectivity index (χ0v) is 9.85. The Labute approximate surface area is 93.2 Å². The predicted molar refractivity (Wildman–Crippen MR) is 59.1 cm³/mol. The SMILES string of the molecule is O=S(=O)(CCCCO)NCc1cscn1. The van der Waals surface area contributed by atoms with E-state index in [1.54, 1.807) is 10.9 Å². The molecule has 0 bridgehead atoms. The van der Waals surface area contributed by atoms with Crippen molar-refractivity contribution < 1.29 is 13.5 Å². The standard InChI is InChI=1S/C8H14N2O3S2/c11-3-1-2-4-15(12,13)10-5-8-6-14-7-9-8/h6-7,10-11H,1-5H2. The van der Waals surface area contributed by atoms with Crippen LogP contribution in [0.15, 0.2) is 10.9 Å². The lowest BCUT2D eigenvalue weighted by Crippen LogP contribution is -2.26. The van der Waals surface area contributed by atoms with Crippen LogP contribution in [0.4, 0.5) is 0 Å². The first kappa shape index (κ1) is 12.6. The van der Waals surface area contributed by atoms with Crippen LogP contribution in [-0.4, -0.2) is 30.9 Å². The molecule has 0 unspecified atom stereocenters. The number of thiazole rings is 1. The Balaban J connectivity index is 2.30. The Morgan fingerprint density at radius 1 is 1.47 bits per heavy atom. The van der Waals surface area contributed by atoms with Gasteiger partial charge in [0.05, 0.1) is 23.5 Å². The molecule has 0 amide bonds. The molecular formula is C8H14N2O3S2. The van der Waals surface area contributed by atoms with Gasteiger partial charge in [-0.05, 0) is 12.8 Å². The van der Waals surface area contributed by atoms with E-state index in [1.807, 2.05) is 0 Å². The Morgan fingerprint density at radius 3 is 2.87 bits per heavy atom. The highest BCUT2D eigenvalue weighted by molar-refractivity contribution is 7.89. The molecule has 1 aromatic heterocycles. The van der Waals surface area contributed by atoms with Gasteiger partial charge in [-0.25, -0.2) is 18.1 Å². The number of sulfonamides is 1. The highest BCUT2D eigenvalue weighted by atomic mass is 32.2. The van der Waals surface area contributed by atoms with E-state index in [2.05, 4.69) is 9.71 Å². The number of hydrogen-bond donors (Lipinski definition) is 2. The zero-order valence-electron chi connectivity index (χ0n) is 8.22. The average Bonchev–Trinajstić information content (AvgIpc) is 2.68. The van der Waals surface area contributed by atoms with Gasteiger partial charge in [0.25, 0.3) is 0 Å². The number of nitrogens with zero attached hydrogens (tertiary/aromatic N) is 1. The lowest BCUT2D eigenvalue weighted by Gasteiger charge is -2.04. The fraction of sp³-hybridized carbons (Fsp3) is 0.625. The average molecular weight is 250 g/mol. The molecule has 5 nitrogen and oxygen atoms in total. The van der Waals surface area contributed by atoms with Gasteiger partial charge >= 0.3 is 0 Å². The molecule has 1 rings (SSSR count). The highest BCUT2D eigenvalue weighted by Gasteiger charge is 2.09. The van der Waals surface area contributed by atoms with E-state index >= 15 is 0 Å². The molecule has 0 aromatic carbocycles. The van der Waals surface area contributed by atoms with Gasteiger partial charge in [-0.2, -0.15) is 0 Å². The third kappa shape index (κ3) is 5.22. The highest BCUT2D eigenvalue weighted by Crippen LogP contribution is 2.01. The van der Waals surface area contributed by atoms with Crippen LogP contribution in [-0.2, 0) is 16.6 Å². The maximum atomic E-state index is 11.4. The molecule has 0 saturated carbocycles. The van der Waals surface area contributed by atoms with Crippen LogP contribution < -0.4 is 4.72 Å². The summed E-state index contributed by atoms with van der Waals surface area (Å²) in [4.78, 5) is 3.97. The molecule has 0 radical (unpaired) electrons. The van der Waals surface area contributed by atoms with E-state index < -0.39 is 10.0 Å². The summed E-state index contributed by atoms with van der Waals surface area (Å²) >= 11 is 1.43. The van der Waals surface area contributed by atoms with Crippen LogP contribution in [0.2, 0.25) is 0 Å². The summed E-state index contributed by atoms with van der Waals surface area (Å²) in [5.41, 5.74) is 2.39. The van der Waals surface area contributed by atoms with Crippen LogP contribution in [0, 0.1) is 0 Å². The van der Waals surface area contributed by atoms with Crippen molar-refractivity contribution in [2.75, 3.05) is 12.4 Å². The number of aromatic nitrogens is 1. The van der Waals surface area contributed by atoms with E-state index in [0.29, 0.717) is 12.8 Å². The number of aliphatic hydroxyl groups is 1. The molecule has 0 aliphatic carbocycles. The molecule has 0 aliphatic rings. The van der Waals surface area contributed by atoms with Gasteiger partial charge in [-0.3, -0.25) is 0 Å². The molecule has 0 aliphatic heterocycles. The van der Waals surface area contributed by atoms with Crippen molar-refractivity contribution >= 4 is 21.4 Å². The van der Waals surface area contributed by atoms with Gasteiger partial charge < -0.3 is 5.11 Å². The van der Waals surface area contributed by atoms with E-state index in [1.165, 1.54) is 11.3 Å². The fourth-order valence-corrected chi connectivity index (χ4v) is 2.64. The van der Waals surface area contributed by atoms with Crippen molar-refractivity contribution in [2.45, 2.75) is 19.4 Å². The van der Waals surface area contributed by atoms with Gasteiger partial charge in [0.1, 0.15) is 0 Å². The molecule has 86 valence electrons. The van der Waals surface area contributed by atoms with Crippen molar-refractivity contribution in [1.82, 2.24) is 9.71 Å². The van der Waals surface area contributed by atoms with E-state index in [-0.39, 0.29) is 18.9 Å². The molecule has 15 heavy (non-hydrogen) atoms. The molecule has 0 spiro atoms. The van der Waals surface area contributed by atoms with Crippen molar-refractivity contribution in [3.05, 3.63) is 16.6 Å². The van der Waals surface area contributed by atoms with Crippen LogP contribution in [0.1, 0.15) is 18.5 Å². The first-order chi connectivity index (χ1) is 7.14. The Morgan fingerprint density at radius 2 is 2.27 bits per heavy atom. The van der Waals surface area contributed by atoms with Crippen molar-refractivity contribution in [1.29, 1.82) is 0 Å². The Bertz CT molecular complexity index is 361. The minimum atomic E-state index is -3.23. The number of rotatable bonds is 7. The van der Waals surface area contributed by atoms with Crippen LogP contribution in [0.25, 0.3) is 0 Å². The number of unbranched alkanes of at least 4 members (excludes halogenated alkanes) is 1. The third-order valence-electron chi connectivity index (χ3n) is 1.78. The lowest BCUT2D eigenvalue weighted by atomic mass is 10.4. The molecule has 1 heterocycles. The van der Waals surface area contributed by atoms with Gasteiger partial charge in [-0.15, -0.1) is 11.3 Å². The van der Waals surface area contributed by atoms with Crippen molar-refractivity contribution in [3.8, 4) is 0 Å². The predicted octanol–water partition coefficient (Wildman–Crippen LogP) is 0.335. The largest absolute Gasteiger partial charge is 0.396 e. The summed E-state index contributed by atoms with van der Waals surface area (Å²) in [5.74, 6) is 0.0533. The smallest absolute Gasteiger partial charge is 0.211 e. The molecule has 0 saturated heterocycles. The molecule has 0 atom stereocenters. The van der Waals surface area contributed by atoms with Crippen molar-refractivity contribution in [2.24, 2.45) is 0 Å². The molecule has 7 heteroatoms. The summed E-state index contributed by atoms with van der Waals surface area (Å²) in [7, 11) is -3.23. The first-order valence-electron chi connectivity index (χ1n) is 4.59. The van der Waals surface area contributed by atoms with E-state index in [0.717, 1.165) is 5.69 Å². The van der Waals surface area contributed by atoms with Crippen LogP contribution >= 0.6 is 11.3 Å². The van der Waals surface area contributed by atoms with Gasteiger partial charge in [0.2, 0.25) is 10.0 Å². The second-order valence-corrected chi connectivity index (χ2v) is 5.70. The van der Waals surface area contributed by atoms with E-state index in [9.17, 15) is 8.42 Å². The normalized spacial score (nSPS) is 11.8. The maximum Gasteiger partial charge on any atom is 0.211 e. The zero-order chi connectivity index (χ0) is 11.1. The molecule has 1 aromatic rings. The van der Waals surface area contributed by atoms with Crippen LogP contribution in [0.5, 0.6) is 0 Å². The summed E-state index contributed by atoms with van der Waals surface area (Å²) in [5, 5.41) is 10.3. The van der Waals surface area contributed by atoms with Gasteiger partial charge in [-0.1, -0.05) is 0 Å². The minimum Gasteiger partial charge on any atom is -0.396 e. The quantitative estimate of drug-likeness (QED) is 0.684. The summed E-state index contributed by atoms with van der Waals surface area (Å²) in [6, 6.07) is 0. The fourth-order valence-electron chi connectivity index (χ4n) is 0.985.